The summed E-state index contributed by atoms with van der Waals surface area (Å²) < 4.78 is 2.03. The van der Waals surface area contributed by atoms with Gasteiger partial charge in [-0.3, -0.25) is 4.68 Å². The molecule has 1 aliphatic rings. The molecule has 0 amide bonds. The van der Waals surface area contributed by atoms with Gasteiger partial charge in [-0.25, -0.2) is 0 Å². The summed E-state index contributed by atoms with van der Waals surface area (Å²) in [6.07, 6.45) is 10.9. The van der Waals surface area contributed by atoms with E-state index in [-0.39, 0.29) is 0 Å². The summed E-state index contributed by atoms with van der Waals surface area (Å²) >= 11 is 3.87. The highest BCUT2D eigenvalue weighted by atomic mass is 79.9. The zero-order valence-electron chi connectivity index (χ0n) is 10.9. The summed E-state index contributed by atoms with van der Waals surface area (Å²) in [5.41, 5.74) is 1.40. The van der Waals surface area contributed by atoms with Gasteiger partial charge >= 0.3 is 0 Å². The molecule has 0 spiro atoms. The van der Waals surface area contributed by atoms with Crippen molar-refractivity contribution in [3.63, 3.8) is 0 Å². The predicted octanol–water partition coefficient (Wildman–Crippen LogP) is 4.04. The molecule has 0 N–H and O–H groups in total. The third-order valence-corrected chi connectivity index (χ3v) is 5.29. The van der Waals surface area contributed by atoms with Crippen LogP contribution in [0.2, 0.25) is 0 Å². The molecule has 1 aromatic heterocycles. The normalized spacial score (nSPS) is 29.5. The van der Waals surface area contributed by atoms with Gasteiger partial charge in [0.25, 0.3) is 0 Å². The SMILES string of the molecule is CCC1CCC(Br)C(Cc2cnn(CC)c2)C1. The van der Waals surface area contributed by atoms with Gasteiger partial charge in [0, 0.05) is 17.6 Å². The Morgan fingerprint density at radius 3 is 2.88 bits per heavy atom. The molecule has 1 aliphatic carbocycles. The van der Waals surface area contributed by atoms with Crippen LogP contribution in [0.25, 0.3) is 0 Å². The molecule has 0 aliphatic heterocycles. The molecule has 17 heavy (non-hydrogen) atoms. The first-order valence-corrected chi connectivity index (χ1v) is 7.79. The van der Waals surface area contributed by atoms with Crippen molar-refractivity contribution in [2.75, 3.05) is 0 Å². The van der Waals surface area contributed by atoms with Crippen molar-refractivity contribution in [2.45, 2.75) is 57.3 Å². The number of hydrogen-bond donors (Lipinski definition) is 0. The van der Waals surface area contributed by atoms with Crippen molar-refractivity contribution in [1.29, 1.82) is 0 Å². The van der Waals surface area contributed by atoms with Gasteiger partial charge in [-0.15, -0.1) is 0 Å². The molecule has 2 rings (SSSR count). The summed E-state index contributed by atoms with van der Waals surface area (Å²) in [6, 6.07) is 0. The second kappa shape index (κ2) is 6.03. The average molecular weight is 299 g/mol. The molecule has 0 saturated heterocycles. The van der Waals surface area contributed by atoms with Gasteiger partial charge in [0.15, 0.2) is 0 Å². The van der Waals surface area contributed by atoms with E-state index in [1.54, 1.807) is 0 Å². The Labute approximate surface area is 113 Å². The molecule has 0 radical (unpaired) electrons. The number of nitrogens with zero attached hydrogens (tertiary/aromatic N) is 2. The maximum atomic E-state index is 4.37. The fourth-order valence-electron chi connectivity index (χ4n) is 2.89. The van der Waals surface area contributed by atoms with E-state index in [0.717, 1.165) is 18.4 Å². The van der Waals surface area contributed by atoms with Crippen molar-refractivity contribution in [3.8, 4) is 0 Å². The number of aryl methyl sites for hydroxylation is 1. The molecular formula is C14H23BrN2. The lowest BCUT2D eigenvalue weighted by Gasteiger charge is -2.32. The van der Waals surface area contributed by atoms with Crippen molar-refractivity contribution in [1.82, 2.24) is 9.78 Å². The lowest BCUT2D eigenvalue weighted by molar-refractivity contribution is 0.271. The van der Waals surface area contributed by atoms with Crippen molar-refractivity contribution < 1.29 is 0 Å². The van der Waals surface area contributed by atoms with Crippen LogP contribution >= 0.6 is 15.9 Å². The Hall–Kier alpha value is -0.310. The molecule has 0 aromatic carbocycles. The predicted molar refractivity (Wildman–Crippen MR) is 75.4 cm³/mol. The minimum Gasteiger partial charge on any atom is -0.273 e. The lowest BCUT2D eigenvalue weighted by Crippen LogP contribution is -2.26. The highest BCUT2D eigenvalue weighted by Gasteiger charge is 2.28. The van der Waals surface area contributed by atoms with Crippen LogP contribution in [-0.2, 0) is 13.0 Å². The van der Waals surface area contributed by atoms with Crippen LogP contribution in [0, 0.1) is 11.8 Å². The van der Waals surface area contributed by atoms with Crippen molar-refractivity contribution >= 4 is 15.9 Å². The molecule has 1 aromatic rings. The van der Waals surface area contributed by atoms with E-state index in [1.807, 2.05) is 10.9 Å². The third kappa shape index (κ3) is 3.34. The zero-order valence-corrected chi connectivity index (χ0v) is 12.5. The fourth-order valence-corrected chi connectivity index (χ4v) is 3.56. The zero-order chi connectivity index (χ0) is 12.3. The second-order valence-electron chi connectivity index (χ2n) is 5.27. The second-order valence-corrected chi connectivity index (χ2v) is 6.45. The summed E-state index contributed by atoms with van der Waals surface area (Å²) in [5, 5.41) is 4.37. The number of alkyl halides is 1. The van der Waals surface area contributed by atoms with E-state index in [2.05, 4.69) is 41.1 Å². The maximum absolute atomic E-state index is 4.37. The van der Waals surface area contributed by atoms with Gasteiger partial charge in [0.05, 0.1) is 6.20 Å². The summed E-state index contributed by atoms with van der Waals surface area (Å²) in [6.45, 7) is 5.43. The molecule has 1 heterocycles. The first-order valence-electron chi connectivity index (χ1n) is 6.88. The summed E-state index contributed by atoms with van der Waals surface area (Å²) in [7, 11) is 0. The Balaban J connectivity index is 1.96. The Bertz CT molecular complexity index is 348. The minimum atomic E-state index is 0.704. The molecule has 0 bridgehead atoms. The van der Waals surface area contributed by atoms with Gasteiger partial charge in [-0.05, 0) is 50.0 Å². The number of halogens is 1. The van der Waals surface area contributed by atoms with Gasteiger partial charge in [0.2, 0.25) is 0 Å². The molecule has 2 nitrogen and oxygen atoms in total. The number of aromatic nitrogens is 2. The average Bonchev–Trinajstić information content (AvgIpc) is 2.80. The van der Waals surface area contributed by atoms with Crippen LogP contribution in [-0.4, -0.2) is 14.6 Å². The van der Waals surface area contributed by atoms with Gasteiger partial charge in [-0.2, -0.15) is 5.10 Å². The monoisotopic (exact) mass is 298 g/mol. The largest absolute Gasteiger partial charge is 0.273 e. The summed E-state index contributed by atoms with van der Waals surface area (Å²) in [4.78, 5) is 0.704. The minimum absolute atomic E-state index is 0.704. The van der Waals surface area contributed by atoms with Crippen molar-refractivity contribution in [3.05, 3.63) is 18.0 Å². The number of rotatable bonds is 4. The van der Waals surface area contributed by atoms with Gasteiger partial charge in [-0.1, -0.05) is 29.3 Å². The molecule has 3 atom stereocenters. The lowest BCUT2D eigenvalue weighted by atomic mass is 9.78. The van der Waals surface area contributed by atoms with Crippen LogP contribution in [0.15, 0.2) is 12.4 Å². The van der Waals surface area contributed by atoms with Gasteiger partial charge < -0.3 is 0 Å². The standard InChI is InChI=1S/C14H23BrN2/c1-3-11-5-6-14(15)13(7-11)8-12-9-16-17(4-2)10-12/h9-11,13-14H,3-8H2,1-2H3. The molecule has 96 valence electrons. The van der Waals surface area contributed by atoms with Crippen LogP contribution in [0.3, 0.4) is 0 Å². The highest BCUT2D eigenvalue weighted by molar-refractivity contribution is 9.09. The molecule has 1 saturated carbocycles. The van der Waals surface area contributed by atoms with Crippen LogP contribution in [0.1, 0.15) is 45.1 Å². The van der Waals surface area contributed by atoms with Gasteiger partial charge in [0.1, 0.15) is 0 Å². The van der Waals surface area contributed by atoms with Crippen molar-refractivity contribution in [2.24, 2.45) is 11.8 Å². The Kier molecular flexibility index (Phi) is 4.66. The molecule has 3 unspecified atom stereocenters. The third-order valence-electron chi connectivity index (χ3n) is 4.08. The molecular weight excluding hydrogens is 276 g/mol. The van der Waals surface area contributed by atoms with E-state index < -0.39 is 0 Å². The smallest absolute Gasteiger partial charge is 0.0521 e. The molecule has 3 heteroatoms. The first kappa shape index (κ1) is 13.1. The van der Waals surface area contributed by atoms with Crippen LogP contribution in [0.4, 0.5) is 0 Å². The van der Waals surface area contributed by atoms with Crippen LogP contribution < -0.4 is 0 Å². The highest BCUT2D eigenvalue weighted by Crippen LogP contribution is 2.37. The first-order chi connectivity index (χ1) is 8.22. The Morgan fingerprint density at radius 2 is 2.24 bits per heavy atom. The quantitative estimate of drug-likeness (QED) is 0.767. The fraction of sp³-hybridized carbons (Fsp3) is 0.786. The number of hydrogen-bond acceptors (Lipinski definition) is 1. The van der Waals surface area contributed by atoms with E-state index in [4.69, 9.17) is 0 Å². The Morgan fingerprint density at radius 1 is 1.41 bits per heavy atom. The van der Waals surface area contributed by atoms with Crippen LogP contribution in [0.5, 0.6) is 0 Å². The van der Waals surface area contributed by atoms with E-state index in [1.165, 1.54) is 37.7 Å². The summed E-state index contributed by atoms with van der Waals surface area (Å²) in [5.74, 6) is 1.73. The van der Waals surface area contributed by atoms with E-state index in [9.17, 15) is 0 Å². The van der Waals surface area contributed by atoms with E-state index >= 15 is 0 Å². The topological polar surface area (TPSA) is 17.8 Å². The maximum Gasteiger partial charge on any atom is 0.0521 e. The molecule has 1 fully saturated rings. The van der Waals surface area contributed by atoms with E-state index in [0.29, 0.717) is 4.83 Å².